The second kappa shape index (κ2) is 12.4. The van der Waals surface area contributed by atoms with Gasteiger partial charge in [0.2, 0.25) is 12.2 Å². The van der Waals surface area contributed by atoms with E-state index in [1.165, 1.54) is 14.2 Å². The molecule has 0 radical (unpaired) electrons. The number of hydrogen-bond acceptors (Lipinski definition) is 9. The zero-order valence-electron chi connectivity index (χ0n) is 18.3. The maximum Gasteiger partial charge on any atom is 0.322 e. The van der Waals surface area contributed by atoms with Gasteiger partial charge in [0.1, 0.15) is 5.69 Å². The molecule has 1 atom stereocenters. The first-order chi connectivity index (χ1) is 14.5. The molecule has 0 aliphatic heterocycles. The lowest BCUT2D eigenvalue weighted by molar-refractivity contribution is -0.163. The molecule has 1 saturated carbocycles. The normalized spacial score (nSPS) is 15.8. The number of nitrogens with one attached hydrogen (secondary N) is 1. The highest BCUT2D eigenvalue weighted by Gasteiger charge is 2.42. The fourth-order valence-corrected chi connectivity index (χ4v) is 3.88. The summed E-state index contributed by atoms with van der Waals surface area (Å²) >= 11 is 0. The number of methoxy groups -OCH3 is 2. The lowest BCUT2D eigenvalue weighted by Gasteiger charge is -2.34. The maximum absolute atomic E-state index is 12.8. The predicted octanol–water partition coefficient (Wildman–Crippen LogP) is 2.87. The molecule has 2 rings (SSSR count). The summed E-state index contributed by atoms with van der Waals surface area (Å²) in [7, 11) is 3.04. The Bertz CT molecular complexity index is 658. The van der Waals surface area contributed by atoms with Crippen molar-refractivity contribution in [3.63, 3.8) is 0 Å². The Morgan fingerprint density at radius 1 is 1.07 bits per heavy atom. The number of carbonyl (C=O) groups is 2. The van der Waals surface area contributed by atoms with Crippen LogP contribution in [0.4, 0.5) is 5.95 Å². The molecule has 1 aliphatic rings. The monoisotopic (exact) mass is 423 g/mol. The Kier molecular flexibility index (Phi) is 9.96. The molecule has 1 aromatic heterocycles. The summed E-state index contributed by atoms with van der Waals surface area (Å²) in [5.41, 5.74) is 0.531. The largest absolute Gasteiger partial charge is 0.465 e. The molecule has 9 heteroatoms. The van der Waals surface area contributed by atoms with Gasteiger partial charge in [-0.05, 0) is 38.7 Å². The van der Waals surface area contributed by atoms with Crippen LogP contribution in [0.3, 0.4) is 0 Å². The van der Waals surface area contributed by atoms with Crippen LogP contribution in [0.25, 0.3) is 0 Å². The van der Waals surface area contributed by atoms with Crippen molar-refractivity contribution < 1.29 is 28.5 Å². The molecule has 30 heavy (non-hydrogen) atoms. The predicted molar refractivity (Wildman–Crippen MR) is 110 cm³/mol. The number of carbonyl (C=O) groups excluding carboxylic acids is 2. The van der Waals surface area contributed by atoms with Gasteiger partial charge >= 0.3 is 11.9 Å². The SMILES string of the molecule is CCOC(=O)C(C(=O)OCC)[C@@H](Nc1nccc(C(OC)OC)n1)C1CCCCC1. The van der Waals surface area contributed by atoms with Crippen LogP contribution in [0.2, 0.25) is 0 Å². The van der Waals surface area contributed by atoms with Gasteiger partial charge in [-0.15, -0.1) is 0 Å². The number of ether oxygens (including phenoxy) is 4. The zero-order valence-corrected chi connectivity index (χ0v) is 18.3. The van der Waals surface area contributed by atoms with Crippen molar-refractivity contribution in [2.75, 3.05) is 32.8 Å². The Morgan fingerprint density at radius 2 is 1.67 bits per heavy atom. The minimum absolute atomic E-state index is 0.0884. The van der Waals surface area contributed by atoms with Gasteiger partial charge in [-0.25, -0.2) is 9.97 Å². The molecule has 0 saturated heterocycles. The second-order valence-corrected chi connectivity index (χ2v) is 7.16. The van der Waals surface area contributed by atoms with E-state index in [0.717, 1.165) is 32.1 Å². The number of esters is 2. The van der Waals surface area contributed by atoms with Crippen molar-refractivity contribution in [1.82, 2.24) is 9.97 Å². The number of nitrogens with zero attached hydrogens (tertiary/aromatic N) is 2. The molecule has 1 N–H and O–H groups in total. The summed E-state index contributed by atoms with van der Waals surface area (Å²) in [4.78, 5) is 34.3. The van der Waals surface area contributed by atoms with Crippen molar-refractivity contribution in [2.24, 2.45) is 11.8 Å². The molecular formula is C21H33N3O6. The van der Waals surface area contributed by atoms with E-state index in [4.69, 9.17) is 18.9 Å². The van der Waals surface area contributed by atoms with Gasteiger partial charge in [0.05, 0.1) is 19.3 Å². The molecule has 1 heterocycles. The van der Waals surface area contributed by atoms with E-state index in [1.807, 2.05) is 0 Å². The lowest BCUT2D eigenvalue weighted by Crippen LogP contribution is -2.47. The molecule has 1 aliphatic carbocycles. The molecule has 0 unspecified atom stereocenters. The molecule has 0 amide bonds. The highest BCUT2D eigenvalue weighted by molar-refractivity contribution is 5.96. The Hall–Kier alpha value is -2.26. The van der Waals surface area contributed by atoms with Gasteiger partial charge in [0, 0.05) is 20.4 Å². The van der Waals surface area contributed by atoms with E-state index in [2.05, 4.69) is 15.3 Å². The van der Waals surface area contributed by atoms with E-state index in [-0.39, 0.29) is 19.1 Å². The number of anilines is 1. The summed E-state index contributed by atoms with van der Waals surface area (Å²) in [5.74, 6) is -1.91. The fraction of sp³-hybridized carbons (Fsp3) is 0.714. The Labute approximate surface area is 177 Å². The van der Waals surface area contributed by atoms with Crippen LogP contribution >= 0.6 is 0 Å². The molecule has 0 bridgehead atoms. The highest BCUT2D eigenvalue weighted by atomic mass is 16.7. The third-order valence-corrected chi connectivity index (χ3v) is 5.24. The first kappa shape index (κ1) is 24.0. The van der Waals surface area contributed by atoms with Crippen molar-refractivity contribution in [2.45, 2.75) is 58.3 Å². The van der Waals surface area contributed by atoms with Crippen LogP contribution in [0.5, 0.6) is 0 Å². The van der Waals surface area contributed by atoms with Crippen molar-refractivity contribution in [1.29, 1.82) is 0 Å². The molecule has 1 fully saturated rings. The van der Waals surface area contributed by atoms with Gasteiger partial charge in [0.15, 0.2) is 5.92 Å². The van der Waals surface area contributed by atoms with Gasteiger partial charge in [-0.2, -0.15) is 0 Å². The van der Waals surface area contributed by atoms with Crippen LogP contribution in [-0.4, -0.2) is 55.4 Å². The van der Waals surface area contributed by atoms with Gasteiger partial charge in [-0.1, -0.05) is 19.3 Å². The van der Waals surface area contributed by atoms with Crippen LogP contribution in [0, 0.1) is 11.8 Å². The van der Waals surface area contributed by atoms with Crippen LogP contribution in [0.1, 0.15) is 57.9 Å². The van der Waals surface area contributed by atoms with Crippen molar-refractivity contribution in [3.8, 4) is 0 Å². The van der Waals surface area contributed by atoms with Crippen LogP contribution in [0.15, 0.2) is 12.3 Å². The van der Waals surface area contributed by atoms with Crippen LogP contribution in [-0.2, 0) is 28.5 Å². The molecule has 1 aromatic rings. The third kappa shape index (κ3) is 6.37. The molecule has 9 nitrogen and oxygen atoms in total. The summed E-state index contributed by atoms with van der Waals surface area (Å²) < 4.78 is 21.0. The lowest BCUT2D eigenvalue weighted by atomic mass is 9.78. The highest BCUT2D eigenvalue weighted by Crippen LogP contribution is 2.32. The standard InChI is InChI=1S/C21H33N3O6/c1-5-29-18(25)16(19(26)30-6-2)17(14-10-8-7-9-11-14)24-21-22-13-12-15(23-21)20(27-3)28-4/h12-14,16-17,20H,5-11H2,1-4H3,(H,22,23,24)/t17-/m0/s1. The van der Waals surface area contributed by atoms with E-state index >= 15 is 0 Å². The topological polar surface area (TPSA) is 109 Å². The summed E-state index contributed by atoms with van der Waals surface area (Å²) in [6, 6.07) is 1.15. The Balaban J connectivity index is 2.37. The average molecular weight is 424 g/mol. The van der Waals surface area contributed by atoms with Crippen molar-refractivity contribution >= 4 is 17.9 Å². The zero-order chi connectivity index (χ0) is 21.9. The summed E-state index contributed by atoms with van der Waals surface area (Å²) in [6.07, 6.45) is 5.94. The Morgan fingerprint density at radius 3 is 2.20 bits per heavy atom. The van der Waals surface area contributed by atoms with E-state index in [9.17, 15) is 9.59 Å². The smallest absolute Gasteiger partial charge is 0.322 e. The van der Waals surface area contributed by atoms with Crippen LogP contribution < -0.4 is 5.32 Å². The van der Waals surface area contributed by atoms with E-state index in [1.54, 1.807) is 26.1 Å². The van der Waals surface area contributed by atoms with Crippen molar-refractivity contribution in [3.05, 3.63) is 18.0 Å². The molecule has 0 spiro atoms. The number of hydrogen-bond donors (Lipinski definition) is 1. The van der Waals surface area contributed by atoms with E-state index in [0.29, 0.717) is 11.6 Å². The first-order valence-electron chi connectivity index (χ1n) is 10.5. The quantitative estimate of drug-likeness (QED) is 0.326. The van der Waals surface area contributed by atoms with Gasteiger partial charge in [-0.3, -0.25) is 9.59 Å². The minimum Gasteiger partial charge on any atom is -0.465 e. The maximum atomic E-state index is 12.8. The fourth-order valence-electron chi connectivity index (χ4n) is 3.88. The third-order valence-electron chi connectivity index (χ3n) is 5.24. The summed E-state index contributed by atoms with van der Waals surface area (Å²) in [6.45, 7) is 3.79. The molecule has 0 aromatic carbocycles. The van der Waals surface area contributed by atoms with Gasteiger partial charge < -0.3 is 24.3 Å². The molecule has 168 valence electrons. The second-order valence-electron chi connectivity index (χ2n) is 7.16. The molecular weight excluding hydrogens is 390 g/mol. The van der Waals surface area contributed by atoms with E-state index < -0.39 is 30.2 Å². The number of rotatable bonds is 11. The first-order valence-corrected chi connectivity index (χ1v) is 10.5. The average Bonchev–Trinajstić information content (AvgIpc) is 2.75. The number of aromatic nitrogens is 2. The minimum atomic E-state index is -1.10. The summed E-state index contributed by atoms with van der Waals surface area (Å²) in [5, 5.41) is 3.24. The van der Waals surface area contributed by atoms with Gasteiger partial charge in [0.25, 0.3) is 0 Å².